The Balaban J connectivity index is 1.79. The van der Waals surface area contributed by atoms with Crippen LogP contribution in [0.5, 0.6) is 0 Å². The van der Waals surface area contributed by atoms with Gasteiger partial charge in [0.05, 0.1) is 11.9 Å². The Bertz CT molecular complexity index is 693. The highest BCUT2D eigenvalue weighted by Crippen LogP contribution is 2.42. The molecular formula is C14H21N3O4S. The summed E-state index contributed by atoms with van der Waals surface area (Å²) in [5, 5.41) is 4.04. The van der Waals surface area contributed by atoms with E-state index >= 15 is 0 Å². The first-order valence-electron chi connectivity index (χ1n) is 7.51. The zero-order valence-electron chi connectivity index (χ0n) is 13.1. The standard InChI is InChI=1S/C14H21N3O4S/c1-9-8-16(6-7-17(9)22(3,19)20)14(18)12-10(2)21-15-13(12)11-4-5-11/h9,11H,4-8H2,1-3H3/t9-/m0/s1. The Morgan fingerprint density at radius 1 is 1.32 bits per heavy atom. The van der Waals surface area contributed by atoms with Gasteiger partial charge in [-0.05, 0) is 26.7 Å². The van der Waals surface area contributed by atoms with Gasteiger partial charge in [0.15, 0.2) is 0 Å². The van der Waals surface area contributed by atoms with Gasteiger partial charge in [-0.1, -0.05) is 5.16 Å². The van der Waals surface area contributed by atoms with Crippen LogP contribution < -0.4 is 0 Å². The number of hydrogen-bond acceptors (Lipinski definition) is 5. The predicted molar refractivity (Wildman–Crippen MR) is 80.1 cm³/mol. The summed E-state index contributed by atoms with van der Waals surface area (Å²) in [6, 6.07) is -0.225. The summed E-state index contributed by atoms with van der Waals surface area (Å²) in [6.07, 6.45) is 3.30. The molecule has 3 rings (SSSR count). The molecule has 1 saturated carbocycles. The summed E-state index contributed by atoms with van der Waals surface area (Å²) in [6.45, 7) is 4.69. The summed E-state index contributed by atoms with van der Waals surface area (Å²) in [5.41, 5.74) is 1.34. The molecule has 2 heterocycles. The van der Waals surface area contributed by atoms with Crippen LogP contribution in [0.4, 0.5) is 0 Å². The molecule has 2 aliphatic rings. The van der Waals surface area contributed by atoms with Crippen molar-refractivity contribution in [2.75, 3.05) is 25.9 Å². The molecule has 0 aromatic carbocycles. The molecular weight excluding hydrogens is 306 g/mol. The molecule has 1 aromatic rings. The molecule has 0 radical (unpaired) electrons. The molecule has 1 saturated heterocycles. The molecule has 1 atom stereocenters. The normalized spacial score (nSPS) is 23.8. The molecule has 1 amide bonds. The maximum atomic E-state index is 12.8. The van der Waals surface area contributed by atoms with Crippen molar-refractivity contribution in [2.24, 2.45) is 0 Å². The Kier molecular flexibility index (Phi) is 3.76. The van der Waals surface area contributed by atoms with Crippen LogP contribution in [0.1, 0.15) is 47.5 Å². The first kappa shape index (κ1) is 15.5. The third-order valence-electron chi connectivity index (χ3n) is 4.35. The fraction of sp³-hybridized carbons (Fsp3) is 0.714. The lowest BCUT2D eigenvalue weighted by Crippen LogP contribution is -2.55. The van der Waals surface area contributed by atoms with Crippen molar-refractivity contribution in [3.8, 4) is 0 Å². The van der Waals surface area contributed by atoms with E-state index in [1.54, 1.807) is 11.8 Å². The number of aryl methyl sites for hydroxylation is 1. The van der Waals surface area contributed by atoms with Crippen LogP contribution in [0, 0.1) is 6.92 Å². The average molecular weight is 327 g/mol. The second-order valence-corrected chi connectivity index (χ2v) is 8.18. The van der Waals surface area contributed by atoms with Gasteiger partial charge in [0.2, 0.25) is 10.0 Å². The van der Waals surface area contributed by atoms with Gasteiger partial charge in [0, 0.05) is 31.6 Å². The predicted octanol–water partition coefficient (Wildman–Crippen LogP) is 0.966. The molecule has 0 unspecified atom stereocenters. The maximum absolute atomic E-state index is 12.8. The van der Waals surface area contributed by atoms with Crippen LogP contribution in [-0.2, 0) is 10.0 Å². The van der Waals surface area contributed by atoms with Crippen molar-refractivity contribution in [2.45, 2.75) is 38.6 Å². The van der Waals surface area contributed by atoms with Crippen LogP contribution >= 0.6 is 0 Å². The molecule has 8 heteroatoms. The quantitative estimate of drug-likeness (QED) is 0.826. The first-order chi connectivity index (χ1) is 10.3. The zero-order chi connectivity index (χ0) is 16.1. The van der Waals surface area contributed by atoms with E-state index in [0.717, 1.165) is 18.5 Å². The third-order valence-corrected chi connectivity index (χ3v) is 5.74. The van der Waals surface area contributed by atoms with Crippen molar-refractivity contribution in [1.29, 1.82) is 0 Å². The molecule has 2 fully saturated rings. The largest absolute Gasteiger partial charge is 0.361 e. The molecule has 1 aromatic heterocycles. The molecule has 0 N–H and O–H groups in total. The van der Waals surface area contributed by atoms with E-state index in [0.29, 0.717) is 36.9 Å². The van der Waals surface area contributed by atoms with Gasteiger partial charge in [-0.3, -0.25) is 4.79 Å². The van der Waals surface area contributed by atoms with Crippen LogP contribution in [0.3, 0.4) is 0 Å². The molecule has 7 nitrogen and oxygen atoms in total. The second kappa shape index (κ2) is 5.34. The number of nitrogens with zero attached hydrogens (tertiary/aromatic N) is 3. The van der Waals surface area contributed by atoms with Crippen LogP contribution in [-0.4, -0.2) is 60.6 Å². The van der Waals surface area contributed by atoms with Gasteiger partial charge < -0.3 is 9.42 Å². The van der Waals surface area contributed by atoms with E-state index in [-0.39, 0.29) is 11.9 Å². The summed E-state index contributed by atoms with van der Waals surface area (Å²) in [7, 11) is -3.23. The summed E-state index contributed by atoms with van der Waals surface area (Å²) >= 11 is 0. The number of sulfonamides is 1. The summed E-state index contributed by atoms with van der Waals surface area (Å²) in [4.78, 5) is 14.5. The second-order valence-electron chi connectivity index (χ2n) is 6.25. The van der Waals surface area contributed by atoms with Gasteiger partial charge in [-0.15, -0.1) is 0 Å². The van der Waals surface area contributed by atoms with Crippen molar-refractivity contribution in [1.82, 2.24) is 14.4 Å². The SMILES string of the molecule is Cc1onc(C2CC2)c1C(=O)N1CCN(S(C)(=O)=O)[C@@H](C)C1. The molecule has 122 valence electrons. The van der Waals surface area contributed by atoms with Crippen molar-refractivity contribution >= 4 is 15.9 Å². The summed E-state index contributed by atoms with van der Waals surface area (Å²) in [5.74, 6) is 0.789. The lowest BCUT2D eigenvalue weighted by molar-refractivity contribution is 0.0640. The van der Waals surface area contributed by atoms with E-state index in [4.69, 9.17) is 4.52 Å². The van der Waals surface area contributed by atoms with Crippen LogP contribution in [0.2, 0.25) is 0 Å². The van der Waals surface area contributed by atoms with Gasteiger partial charge in [0.1, 0.15) is 11.3 Å². The first-order valence-corrected chi connectivity index (χ1v) is 9.36. The zero-order valence-corrected chi connectivity index (χ0v) is 13.9. The number of piperazine rings is 1. The topological polar surface area (TPSA) is 83.7 Å². The minimum Gasteiger partial charge on any atom is -0.361 e. The Hall–Kier alpha value is -1.41. The van der Waals surface area contributed by atoms with Crippen molar-refractivity contribution < 1.29 is 17.7 Å². The highest BCUT2D eigenvalue weighted by Gasteiger charge is 2.37. The van der Waals surface area contributed by atoms with Crippen molar-refractivity contribution in [3.05, 3.63) is 17.0 Å². The van der Waals surface area contributed by atoms with Crippen LogP contribution in [0.15, 0.2) is 4.52 Å². The van der Waals surface area contributed by atoms with E-state index in [2.05, 4.69) is 5.16 Å². The molecule has 0 spiro atoms. The molecule has 1 aliphatic carbocycles. The Morgan fingerprint density at radius 2 is 2.00 bits per heavy atom. The number of hydrogen-bond donors (Lipinski definition) is 0. The Morgan fingerprint density at radius 3 is 2.55 bits per heavy atom. The fourth-order valence-corrected chi connectivity index (χ4v) is 4.19. The molecule has 1 aliphatic heterocycles. The number of aromatic nitrogens is 1. The van der Waals surface area contributed by atoms with Crippen molar-refractivity contribution in [3.63, 3.8) is 0 Å². The highest BCUT2D eigenvalue weighted by atomic mass is 32.2. The number of carbonyl (C=O) groups excluding carboxylic acids is 1. The van der Waals surface area contributed by atoms with E-state index < -0.39 is 10.0 Å². The van der Waals surface area contributed by atoms with Crippen LogP contribution in [0.25, 0.3) is 0 Å². The number of amides is 1. The number of carbonyl (C=O) groups is 1. The monoisotopic (exact) mass is 327 g/mol. The van der Waals surface area contributed by atoms with Gasteiger partial charge in [-0.2, -0.15) is 4.31 Å². The lowest BCUT2D eigenvalue weighted by Gasteiger charge is -2.38. The maximum Gasteiger partial charge on any atom is 0.259 e. The van der Waals surface area contributed by atoms with Gasteiger partial charge in [-0.25, -0.2) is 8.42 Å². The van der Waals surface area contributed by atoms with Gasteiger partial charge in [0.25, 0.3) is 5.91 Å². The minimum atomic E-state index is -3.23. The van der Waals surface area contributed by atoms with E-state index in [1.165, 1.54) is 10.6 Å². The fourth-order valence-electron chi connectivity index (χ4n) is 3.06. The summed E-state index contributed by atoms with van der Waals surface area (Å²) < 4.78 is 30.1. The highest BCUT2D eigenvalue weighted by molar-refractivity contribution is 7.88. The minimum absolute atomic E-state index is 0.0966. The number of rotatable bonds is 3. The Labute approximate surface area is 130 Å². The third kappa shape index (κ3) is 2.77. The van der Waals surface area contributed by atoms with E-state index in [9.17, 15) is 13.2 Å². The molecule has 0 bridgehead atoms. The smallest absolute Gasteiger partial charge is 0.259 e. The lowest BCUT2D eigenvalue weighted by atomic mass is 10.1. The van der Waals surface area contributed by atoms with E-state index in [1.807, 2.05) is 6.92 Å². The molecule has 22 heavy (non-hydrogen) atoms. The average Bonchev–Trinajstić information content (AvgIpc) is 3.20. The van der Waals surface area contributed by atoms with Gasteiger partial charge >= 0.3 is 0 Å².